The van der Waals surface area contributed by atoms with Crippen molar-refractivity contribution in [2.45, 2.75) is 37.6 Å². The Morgan fingerprint density at radius 1 is 1.22 bits per heavy atom. The first-order valence-corrected chi connectivity index (χ1v) is 10.2. The summed E-state index contributed by atoms with van der Waals surface area (Å²) in [5, 5.41) is 14.3. The fraction of sp³-hybridized carbons (Fsp3) is 0.571. The molecule has 1 aromatic heterocycles. The number of nitrogens with one attached hydrogen (secondary N) is 3. The van der Waals surface area contributed by atoms with Crippen molar-refractivity contribution in [1.29, 1.82) is 0 Å². The van der Waals surface area contributed by atoms with Crippen molar-refractivity contribution < 1.29 is 9.59 Å². The molecule has 140 valence electrons. The molecule has 2 aromatic rings. The summed E-state index contributed by atoms with van der Waals surface area (Å²) >= 11 is 0. The highest BCUT2D eigenvalue weighted by Gasteiger charge is 2.70. The minimum Gasteiger partial charge on any atom is -0.353 e. The van der Waals surface area contributed by atoms with Gasteiger partial charge in [0.25, 0.3) is 5.91 Å². The Morgan fingerprint density at radius 3 is 2.70 bits per heavy atom. The maximum absolute atomic E-state index is 12.9. The molecule has 0 aliphatic heterocycles. The van der Waals surface area contributed by atoms with Crippen LogP contribution < -0.4 is 10.6 Å². The Labute approximate surface area is 157 Å². The first-order valence-electron chi connectivity index (χ1n) is 10.2. The topological polar surface area (TPSA) is 86.9 Å². The lowest BCUT2D eigenvalue weighted by Crippen LogP contribution is -2.60. The van der Waals surface area contributed by atoms with E-state index in [9.17, 15) is 9.59 Å². The number of H-pyrrole nitrogens is 1. The monoisotopic (exact) mass is 364 g/mol. The molecule has 5 aliphatic carbocycles. The standard InChI is InChI=1S/C21H24N4O2/c26-19(13-4-1-3-11-9-23-25-18(11)13)24-21(5-2-6-21)10-22-20(27)16-12-7-14-15(8-12)17(14)16/h1,3-4,9,12,14-17H,2,5-8,10H2,(H,22,27)(H,23,25)(H,24,26). The third kappa shape index (κ3) is 2.22. The van der Waals surface area contributed by atoms with Gasteiger partial charge < -0.3 is 10.6 Å². The number of aromatic nitrogens is 2. The molecule has 2 amide bonds. The van der Waals surface area contributed by atoms with Gasteiger partial charge in [-0.15, -0.1) is 0 Å². The predicted octanol–water partition coefficient (Wildman–Crippen LogP) is 2.23. The van der Waals surface area contributed by atoms with Gasteiger partial charge in [-0.1, -0.05) is 12.1 Å². The molecule has 6 nitrogen and oxygen atoms in total. The van der Waals surface area contributed by atoms with Crippen molar-refractivity contribution in [3.63, 3.8) is 0 Å². The minimum atomic E-state index is -0.306. The lowest BCUT2D eigenvalue weighted by atomic mass is 9.76. The van der Waals surface area contributed by atoms with Gasteiger partial charge in [0.1, 0.15) is 0 Å². The molecule has 5 saturated carbocycles. The van der Waals surface area contributed by atoms with E-state index in [-0.39, 0.29) is 23.3 Å². The van der Waals surface area contributed by atoms with Gasteiger partial charge in [0.15, 0.2) is 0 Å². The second-order valence-electron chi connectivity index (χ2n) is 9.11. The van der Waals surface area contributed by atoms with E-state index in [1.165, 1.54) is 12.8 Å². The number of carbonyl (C=O) groups excluding carboxylic acids is 2. The van der Waals surface area contributed by atoms with Gasteiger partial charge in [-0.3, -0.25) is 14.7 Å². The van der Waals surface area contributed by atoms with Gasteiger partial charge >= 0.3 is 0 Å². The minimum absolute atomic E-state index is 0.0934. The molecular formula is C21H24N4O2. The van der Waals surface area contributed by atoms with Crippen molar-refractivity contribution in [3.05, 3.63) is 30.0 Å². The fourth-order valence-corrected chi connectivity index (χ4v) is 6.25. The van der Waals surface area contributed by atoms with Crippen molar-refractivity contribution in [2.24, 2.45) is 29.6 Å². The molecule has 3 N–H and O–H groups in total. The van der Waals surface area contributed by atoms with Crippen LogP contribution in [0.1, 0.15) is 42.5 Å². The SMILES string of the molecule is O=C(NC1(CNC(=O)C2C3CC4C(C3)C42)CCC1)c1cccc2cn[nH]c12. The average molecular weight is 364 g/mol. The van der Waals surface area contributed by atoms with Crippen LogP contribution in [0, 0.1) is 29.6 Å². The Hall–Kier alpha value is -2.37. The summed E-state index contributed by atoms with van der Waals surface area (Å²) in [6.07, 6.45) is 7.18. The molecule has 7 rings (SSSR count). The molecule has 1 heterocycles. The second-order valence-corrected chi connectivity index (χ2v) is 9.11. The Kier molecular flexibility index (Phi) is 3.09. The van der Waals surface area contributed by atoms with E-state index in [0.29, 0.717) is 23.9 Å². The van der Waals surface area contributed by atoms with Gasteiger partial charge in [0.2, 0.25) is 5.91 Å². The van der Waals surface area contributed by atoms with Gasteiger partial charge in [0, 0.05) is 17.8 Å². The van der Waals surface area contributed by atoms with Crippen LogP contribution >= 0.6 is 0 Å². The number of hydrogen-bond donors (Lipinski definition) is 3. The number of para-hydroxylation sites is 1. The molecule has 0 saturated heterocycles. The van der Waals surface area contributed by atoms with E-state index in [0.717, 1.165) is 42.0 Å². The first kappa shape index (κ1) is 15.7. The Balaban J connectivity index is 1.14. The summed E-state index contributed by atoms with van der Waals surface area (Å²) in [7, 11) is 0. The molecule has 1 aromatic carbocycles. The van der Waals surface area contributed by atoms with Gasteiger partial charge in [-0.05, 0) is 61.8 Å². The highest BCUT2D eigenvalue weighted by molar-refractivity contribution is 6.05. The molecule has 4 bridgehead atoms. The molecule has 3 atom stereocenters. The maximum Gasteiger partial charge on any atom is 0.253 e. The number of rotatable bonds is 5. The van der Waals surface area contributed by atoms with E-state index in [2.05, 4.69) is 20.8 Å². The number of fused-ring (bicyclic) bond motifs is 1. The summed E-state index contributed by atoms with van der Waals surface area (Å²) in [6, 6.07) is 5.63. The van der Waals surface area contributed by atoms with Crippen molar-refractivity contribution in [1.82, 2.24) is 20.8 Å². The van der Waals surface area contributed by atoms with Crippen molar-refractivity contribution in [3.8, 4) is 0 Å². The zero-order valence-electron chi connectivity index (χ0n) is 15.2. The normalized spacial score (nSPS) is 34.3. The predicted molar refractivity (Wildman–Crippen MR) is 99.8 cm³/mol. The zero-order chi connectivity index (χ0) is 18.2. The summed E-state index contributed by atoms with van der Waals surface area (Å²) in [5.74, 6) is 3.35. The van der Waals surface area contributed by atoms with Crippen LogP contribution in [0.25, 0.3) is 10.9 Å². The van der Waals surface area contributed by atoms with E-state index >= 15 is 0 Å². The number of benzene rings is 1. The number of carbonyl (C=O) groups is 2. The molecule has 27 heavy (non-hydrogen) atoms. The van der Waals surface area contributed by atoms with Crippen LogP contribution in [0.5, 0.6) is 0 Å². The van der Waals surface area contributed by atoms with E-state index in [1.54, 1.807) is 6.20 Å². The zero-order valence-corrected chi connectivity index (χ0v) is 15.2. The number of aromatic amines is 1. The third-order valence-corrected chi connectivity index (χ3v) is 7.78. The van der Waals surface area contributed by atoms with E-state index < -0.39 is 0 Å². The Morgan fingerprint density at radius 2 is 2.04 bits per heavy atom. The van der Waals surface area contributed by atoms with Gasteiger partial charge in [-0.25, -0.2) is 0 Å². The number of hydrogen-bond acceptors (Lipinski definition) is 3. The molecule has 5 fully saturated rings. The molecule has 0 spiro atoms. The molecule has 6 heteroatoms. The summed E-state index contributed by atoms with van der Waals surface area (Å²) < 4.78 is 0. The molecule has 0 radical (unpaired) electrons. The van der Waals surface area contributed by atoms with Crippen molar-refractivity contribution in [2.75, 3.05) is 6.54 Å². The van der Waals surface area contributed by atoms with Crippen LogP contribution in [0.2, 0.25) is 0 Å². The summed E-state index contributed by atoms with van der Waals surface area (Å²) in [4.78, 5) is 25.7. The maximum atomic E-state index is 12.9. The lowest BCUT2D eigenvalue weighted by molar-refractivity contribution is -0.126. The highest BCUT2D eigenvalue weighted by Crippen LogP contribution is 2.73. The first-order chi connectivity index (χ1) is 13.2. The average Bonchev–Trinajstić information content (AvgIpc) is 3.19. The quantitative estimate of drug-likeness (QED) is 0.760. The number of nitrogens with zero attached hydrogens (tertiary/aromatic N) is 1. The third-order valence-electron chi connectivity index (χ3n) is 7.78. The van der Waals surface area contributed by atoms with E-state index in [4.69, 9.17) is 0 Å². The van der Waals surface area contributed by atoms with Crippen LogP contribution in [-0.4, -0.2) is 34.1 Å². The van der Waals surface area contributed by atoms with Crippen LogP contribution in [0.3, 0.4) is 0 Å². The number of amides is 2. The summed E-state index contributed by atoms with van der Waals surface area (Å²) in [6.45, 7) is 0.543. The van der Waals surface area contributed by atoms with Crippen LogP contribution in [0.4, 0.5) is 0 Å². The van der Waals surface area contributed by atoms with Gasteiger partial charge in [0.05, 0.1) is 22.8 Å². The Bertz CT molecular complexity index is 933. The van der Waals surface area contributed by atoms with Crippen LogP contribution in [0.15, 0.2) is 24.4 Å². The second kappa shape index (κ2) is 5.33. The smallest absolute Gasteiger partial charge is 0.253 e. The fourth-order valence-electron chi connectivity index (χ4n) is 6.25. The van der Waals surface area contributed by atoms with Crippen LogP contribution in [-0.2, 0) is 4.79 Å². The molecule has 5 aliphatic rings. The lowest BCUT2D eigenvalue weighted by Gasteiger charge is -2.43. The molecule has 3 unspecified atom stereocenters. The molecular weight excluding hydrogens is 340 g/mol. The van der Waals surface area contributed by atoms with E-state index in [1.807, 2.05) is 18.2 Å². The largest absolute Gasteiger partial charge is 0.353 e. The van der Waals surface area contributed by atoms with Crippen molar-refractivity contribution >= 4 is 22.7 Å². The summed E-state index contributed by atoms with van der Waals surface area (Å²) in [5.41, 5.74) is 1.07. The van der Waals surface area contributed by atoms with Gasteiger partial charge in [-0.2, -0.15) is 5.10 Å². The highest BCUT2D eigenvalue weighted by atomic mass is 16.2.